The number of halogens is 1. The number of amides is 1. The Morgan fingerprint density at radius 3 is 2.71 bits per heavy atom. The molecule has 1 N–H and O–H groups in total. The molecule has 0 aliphatic carbocycles. The fourth-order valence-electron chi connectivity index (χ4n) is 2.39. The van der Waals surface area contributed by atoms with Crippen LogP contribution in [0, 0.1) is 24.0 Å². The largest absolute Gasteiger partial charge is 0.298 e. The number of nitro groups is 1. The highest BCUT2D eigenvalue weighted by Gasteiger charge is 2.19. The Morgan fingerprint density at radius 2 is 2.00 bits per heavy atom. The van der Waals surface area contributed by atoms with Crippen molar-refractivity contribution in [2.45, 2.75) is 13.8 Å². The Bertz CT molecular complexity index is 984. The number of aromatic nitrogens is 1. The Kier molecular flexibility index (Phi) is 4.21. The van der Waals surface area contributed by atoms with Crippen molar-refractivity contribution in [2.24, 2.45) is 0 Å². The van der Waals surface area contributed by atoms with E-state index in [9.17, 15) is 14.9 Å². The second-order valence-electron chi connectivity index (χ2n) is 5.20. The quantitative estimate of drug-likeness (QED) is 0.540. The summed E-state index contributed by atoms with van der Waals surface area (Å²) < 4.78 is 0.906. The minimum atomic E-state index is -0.505. The first-order chi connectivity index (χ1) is 11.4. The highest BCUT2D eigenvalue weighted by Crippen LogP contribution is 2.32. The Morgan fingerprint density at radius 1 is 1.25 bits per heavy atom. The second kappa shape index (κ2) is 6.18. The molecule has 6 nitrogen and oxygen atoms in total. The summed E-state index contributed by atoms with van der Waals surface area (Å²) in [5, 5.41) is 14.7. The molecule has 2 aromatic carbocycles. The Hall–Kier alpha value is -2.51. The van der Waals surface area contributed by atoms with Gasteiger partial charge >= 0.3 is 0 Å². The fourth-order valence-corrected chi connectivity index (χ4v) is 3.46. The Labute approximate surface area is 146 Å². The number of nitrogens with zero attached hydrogens (tertiary/aromatic N) is 2. The molecule has 0 aliphatic rings. The molecule has 0 aliphatic heterocycles. The molecular weight excluding hydrogens is 350 g/mol. The van der Waals surface area contributed by atoms with Gasteiger partial charge in [0.1, 0.15) is 0 Å². The number of anilines is 1. The molecule has 122 valence electrons. The van der Waals surface area contributed by atoms with Gasteiger partial charge in [0, 0.05) is 22.2 Å². The van der Waals surface area contributed by atoms with Gasteiger partial charge < -0.3 is 0 Å². The lowest BCUT2D eigenvalue weighted by Gasteiger charge is -2.05. The zero-order chi connectivity index (χ0) is 17.4. The van der Waals surface area contributed by atoms with Crippen LogP contribution < -0.4 is 5.32 Å². The van der Waals surface area contributed by atoms with Gasteiger partial charge in [0.05, 0.1) is 15.1 Å². The number of rotatable bonds is 3. The fraction of sp³-hybridized carbons (Fsp3) is 0.125. The van der Waals surface area contributed by atoms with Crippen molar-refractivity contribution >= 4 is 49.9 Å². The van der Waals surface area contributed by atoms with E-state index in [1.165, 1.54) is 23.5 Å². The smallest absolute Gasteiger partial charge is 0.273 e. The molecule has 1 amide bonds. The number of carbonyl (C=O) groups is 1. The van der Waals surface area contributed by atoms with Gasteiger partial charge in [-0.05, 0) is 37.6 Å². The average molecular weight is 362 g/mol. The number of hydrogen-bond donors (Lipinski definition) is 1. The first-order valence-corrected chi connectivity index (χ1v) is 8.19. The van der Waals surface area contributed by atoms with Crippen LogP contribution in [0.3, 0.4) is 0 Å². The summed E-state index contributed by atoms with van der Waals surface area (Å²) in [6, 6.07) is 8.04. The molecule has 1 heterocycles. The van der Waals surface area contributed by atoms with Crippen molar-refractivity contribution in [1.82, 2.24) is 4.98 Å². The van der Waals surface area contributed by atoms with Crippen molar-refractivity contribution < 1.29 is 9.72 Å². The molecule has 3 rings (SSSR count). The molecule has 0 saturated carbocycles. The number of hydrogen-bond acceptors (Lipinski definition) is 5. The van der Waals surface area contributed by atoms with E-state index in [0.717, 1.165) is 15.8 Å². The standard InChI is InChI=1S/C16H12ClN3O3S/c1-8-10(4-3-5-12(8)20(22)23)15(21)19-16-18-14-9(2)11(17)6-7-13(14)24-16/h3-7H,1-2H3,(H,18,19,21). The van der Waals surface area contributed by atoms with Gasteiger partial charge in [-0.2, -0.15) is 0 Å². The molecule has 0 atom stereocenters. The highest BCUT2D eigenvalue weighted by atomic mass is 35.5. The van der Waals surface area contributed by atoms with E-state index in [0.29, 0.717) is 15.7 Å². The van der Waals surface area contributed by atoms with Crippen molar-refractivity contribution in [3.63, 3.8) is 0 Å². The zero-order valence-electron chi connectivity index (χ0n) is 12.8. The molecule has 0 spiro atoms. The minimum Gasteiger partial charge on any atom is -0.298 e. The van der Waals surface area contributed by atoms with Crippen LogP contribution in [0.4, 0.5) is 10.8 Å². The van der Waals surface area contributed by atoms with Gasteiger partial charge in [0.25, 0.3) is 11.6 Å². The molecule has 0 radical (unpaired) electrons. The van der Waals surface area contributed by atoms with Gasteiger partial charge in [0.15, 0.2) is 5.13 Å². The summed E-state index contributed by atoms with van der Waals surface area (Å²) in [4.78, 5) is 27.3. The van der Waals surface area contributed by atoms with Crippen LogP contribution in [0.25, 0.3) is 10.2 Å². The number of carbonyl (C=O) groups excluding carboxylic acids is 1. The van der Waals surface area contributed by atoms with Crippen molar-refractivity contribution in [1.29, 1.82) is 0 Å². The van der Waals surface area contributed by atoms with E-state index in [1.54, 1.807) is 19.1 Å². The third kappa shape index (κ3) is 2.83. The molecule has 24 heavy (non-hydrogen) atoms. The molecule has 0 fully saturated rings. The zero-order valence-corrected chi connectivity index (χ0v) is 14.4. The van der Waals surface area contributed by atoms with Crippen LogP contribution in [-0.4, -0.2) is 15.8 Å². The summed E-state index contributed by atoms with van der Waals surface area (Å²) in [5.41, 5.74) is 2.06. The van der Waals surface area contributed by atoms with Crippen molar-refractivity contribution in [3.05, 3.63) is 62.2 Å². The Balaban J connectivity index is 1.95. The van der Waals surface area contributed by atoms with E-state index >= 15 is 0 Å². The van der Waals surface area contributed by atoms with Gasteiger partial charge in [-0.3, -0.25) is 20.2 Å². The second-order valence-corrected chi connectivity index (χ2v) is 6.64. The highest BCUT2D eigenvalue weighted by molar-refractivity contribution is 7.22. The lowest BCUT2D eigenvalue weighted by Crippen LogP contribution is -2.13. The molecule has 1 aromatic heterocycles. The van der Waals surface area contributed by atoms with Crippen molar-refractivity contribution in [2.75, 3.05) is 5.32 Å². The summed E-state index contributed by atoms with van der Waals surface area (Å²) in [6.45, 7) is 3.41. The molecule has 8 heteroatoms. The predicted octanol–water partition coefficient (Wildman–Crippen LogP) is 4.73. The van der Waals surface area contributed by atoms with Gasteiger partial charge in [0.2, 0.25) is 0 Å². The van der Waals surface area contributed by atoms with Crippen LogP contribution in [0.5, 0.6) is 0 Å². The normalized spacial score (nSPS) is 10.8. The van der Waals surface area contributed by atoms with Crippen LogP contribution in [-0.2, 0) is 0 Å². The topological polar surface area (TPSA) is 85.1 Å². The number of benzene rings is 2. The summed E-state index contributed by atoms with van der Waals surface area (Å²) in [5.74, 6) is -0.431. The van der Waals surface area contributed by atoms with Gasteiger partial charge in [-0.15, -0.1) is 0 Å². The van der Waals surface area contributed by atoms with E-state index in [1.807, 2.05) is 13.0 Å². The summed E-state index contributed by atoms with van der Waals surface area (Å²) in [6.07, 6.45) is 0. The first-order valence-electron chi connectivity index (χ1n) is 6.99. The van der Waals surface area contributed by atoms with Crippen molar-refractivity contribution in [3.8, 4) is 0 Å². The van der Waals surface area contributed by atoms with E-state index in [-0.39, 0.29) is 11.3 Å². The maximum atomic E-state index is 12.4. The van der Waals surface area contributed by atoms with Gasteiger partial charge in [-0.1, -0.05) is 29.0 Å². The molecule has 0 bridgehead atoms. The maximum absolute atomic E-state index is 12.4. The van der Waals surface area contributed by atoms with Crippen LogP contribution in [0.15, 0.2) is 30.3 Å². The number of thiazole rings is 1. The molecule has 0 unspecified atom stereocenters. The number of nitro benzene ring substituents is 1. The third-order valence-corrected chi connectivity index (χ3v) is 5.06. The number of nitrogens with one attached hydrogen (secondary N) is 1. The molecule has 3 aromatic rings. The van der Waals surface area contributed by atoms with E-state index in [4.69, 9.17) is 11.6 Å². The summed E-state index contributed by atoms with van der Waals surface area (Å²) >= 11 is 7.40. The number of fused-ring (bicyclic) bond motifs is 1. The third-order valence-electron chi connectivity index (χ3n) is 3.71. The lowest BCUT2D eigenvalue weighted by atomic mass is 10.1. The molecule has 0 saturated heterocycles. The lowest BCUT2D eigenvalue weighted by molar-refractivity contribution is -0.385. The monoisotopic (exact) mass is 361 g/mol. The van der Waals surface area contributed by atoms with Crippen LogP contribution in [0.2, 0.25) is 5.02 Å². The van der Waals surface area contributed by atoms with E-state index in [2.05, 4.69) is 10.3 Å². The number of aryl methyl sites for hydroxylation is 1. The SMILES string of the molecule is Cc1c(C(=O)Nc2nc3c(C)c(Cl)ccc3s2)cccc1[N+](=O)[O-]. The van der Waals surface area contributed by atoms with Gasteiger partial charge in [-0.25, -0.2) is 4.98 Å². The maximum Gasteiger partial charge on any atom is 0.273 e. The average Bonchev–Trinajstić information content (AvgIpc) is 2.94. The van der Waals surface area contributed by atoms with Crippen LogP contribution in [0.1, 0.15) is 21.5 Å². The molecular formula is C16H12ClN3O3S. The predicted molar refractivity (Wildman–Crippen MR) is 95.2 cm³/mol. The van der Waals surface area contributed by atoms with E-state index < -0.39 is 10.8 Å². The summed E-state index contributed by atoms with van der Waals surface area (Å²) in [7, 11) is 0. The first kappa shape index (κ1) is 16.4. The minimum absolute atomic E-state index is 0.0884. The van der Waals surface area contributed by atoms with Crippen LogP contribution >= 0.6 is 22.9 Å².